The van der Waals surface area contributed by atoms with Crippen LogP contribution in [0.1, 0.15) is 65.7 Å². The van der Waals surface area contributed by atoms with Gasteiger partial charge in [0.25, 0.3) is 0 Å². The maximum Gasteiger partial charge on any atom is 0.410 e. The number of carbonyl (C=O) groups excluding carboxylic acids is 1. The van der Waals surface area contributed by atoms with E-state index in [0.29, 0.717) is 22.9 Å². The van der Waals surface area contributed by atoms with Crippen LogP contribution in [0.3, 0.4) is 0 Å². The smallest absolute Gasteiger partial charge is 0.410 e. The third-order valence-corrected chi connectivity index (χ3v) is 8.22. The average molecular weight is 621 g/mol. The van der Waals surface area contributed by atoms with Gasteiger partial charge in [-0.1, -0.05) is 18.0 Å². The summed E-state index contributed by atoms with van der Waals surface area (Å²) in [4.78, 5) is 27.5. The van der Waals surface area contributed by atoms with Crippen LogP contribution in [0.2, 0.25) is 15.7 Å². The Bertz CT molecular complexity index is 1210. The molecule has 2 aromatic rings. The third-order valence-electron chi connectivity index (χ3n) is 7.60. The van der Waals surface area contributed by atoms with E-state index in [4.69, 9.17) is 45.3 Å². The zero-order chi connectivity index (χ0) is 29.3. The van der Waals surface area contributed by atoms with Gasteiger partial charge in [0.05, 0.1) is 12.4 Å². The Morgan fingerprint density at radius 3 is 2.05 bits per heavy atom. The minimum absolute atomic E-state index is 0.0543. The Hall–Kier alpha value is -2.08. The summed E-state index contributed by atoms with van der Waals surface area (Å²) in [5.74, 6) is -0.862. The van der Waals surface area contributed by atoms with Gasteiger partial charge in [0.2, 0.25) is 10.6 Å². The van der Waals surface area contributed by atoms with E-state index >= 15 is 0 Å². The first kappa shape index (κ1) is 30.9. The lowest BCUT2D eigenvalue weighted by molar-refractivity contribution is -0.0769. The standard InChI is InChI=1S/C11H13ClFN3.C11H20N2O2.C4HCl2FN2/c12-10-14-6-8(13)9(16-10)15-7-4-11(5-7)2-1-3-11;1-10(2,3)15-9(14)13-6-11(7-13)4-8(12)5-11;5-3-2(7)1-8-4(6)9-3/h6-7H,1-5H2,(H,14,15,16);8H,4-7,12H2,1-3H3;1H. The number of halogens is 5. The Labute approximate surface area is 247 Å². The molecule has 0 aromatic carbocycles. The number of anilines is 1. The number of likely N-dealkylation sites (tertiary alicyclic amines) is 1. The molecule has 4 fully saturated rings. The van der Waals surface area contributed by atoms with E-state index in [1.54, 1.807) is 4.90 Å². The molecule has 0 atom stereocenters. The minimum Gasteiger partial charge on any atom is -0.444 e. The van der Waals surface area contributed by atoms with E-state index < -0.39 is 17.2 Å². The monoisotopic (exact) mass is 619 g/mol. The largest absolute Gasteiger partial charge is 0.444 e. The molecule has 9 nitrogen and oxygen atoms in total. The molecule has 4 aliphatic rings. The maximum absolute atomic E-state index is 13.3. The van der Waals surface area contributed by atoms with E-state index in [9.17, 15) is 13.6 Å². The van der Waals surface area contributed by atoms with Crippen LogP contribution in [0.25, 0.3) is 0 Å². The van der Waals surface area contributed by atoms with Gasteiger partial charge >= 0.3 is 6.09 Å². The van der Waals surface area contributed by atoms with E-state index in [1.165, 1.54) is 19.3 Å². The molecule has 3 heterocycles. The number of nitrogens with one attached hydrogen (secondary N) is 1. The van der Waals surface area contributed by atoms with Crippen molar-refractivity contribution in [2.45, 2.75) is 83.4 Å². The Balaban J connectivity index is 0.000000145. The highest BCUT2D eigenvalue weighted by atomic mass is 35.5. The number of hydrogen-bond acceptors (Lipinski definition) is 8. The van der Waals surface area contributed by atoms with Gasteiger partial charge < -0.3 is 20.7 Å². The second kappa shape index (κ2) is 12.0. The topological polar surface area (TPSA) is 119 Å². The van der Waals surface area contributed by atoms with Crippen molar-refractivity contribution >= 4 is 46.7 Å². The maximum atomic E-state index is 13.3. The van der Waals surface area contributed by atoms with Crippen molar-refractivity contribution < 1.29 is 18.3 Å². The van der Waals surface area contributed by atoms with Gasteiger partial charge in [-0.2, -0.15) is 4.98 Å². The molecule has 3 saturated carbocycles. The number of nitrogens with zero attached hydrogens (tertiary/aromatic N) is 5. The SMILES string of the molecule is CC(C)(C)OC(=O)N1CC2(CC(N)C2)C1.Fc1cnc(Cl)nc1Cl.Fc1cnc(Cl)nc1NC1CC2(CCC2)C1. The third kappa shape index (κ3) is 7.80. The van der Waals surface area contributed by atoms with Crippen molar-refractivity contribution in [3.8, 4) is 0 Å². The number of rotatable bonds is 2. The molecule has 2 spiro atoms. The fourth-order valence-electron chi connectivity index (χ4n) is 5.67. The number of ether oxygens (including phenoxy) is 1. The zero-order valence-electron chi connectivity index (χ0n) is 22.7. The second-order valence-corrected chi connectivity index (χ2v) is 13.3. The van der Waals surface area contributed by atoms with E-state index in [1.807, 2.05) is 20.8 Å². The Morgan fingerprint density at radius 1 is 1.00 bits per heavy atom. The number of amides is 1. The molecule has 220 valence electrons. The van der Waals surface area contributed by atoms with Gasteiger partial charge in [0.15, 0.2) is 22.6 Å². The normalized spacial score (nSPS) is 21.8. The molecule has 1 aliphatic heterocycles. The molecule has 1 saturated heterocycles. The fourth-order valence-corrected chi connectivity index (χ4v) is 6.11. The molecule has 3 aliphatic carbocycles. The van der Waals surface area contributed by atoms with Crippen molar-refractivity contribution in [1.82, 2.24) is 24.8 Å². The van der Waals surface area contributed by atoms with Gasteiger partial charge in [-0.3, -0.25) is 0 Å². The molecule has 3 N–H and O–H groups in total. The molecule has 0 radical (unpaired) electrons. The van der Waals surface area contributed by atoms with E-state index in [-0.39, 0.29) is 27.6 Å². The van der Waals surface area contributed by atoms with Crippen molar-refractivity contribution in [2.75, 3.05) is 18.4 Å². The summed E-state index contributed by atoms with van der Waals surface area (Å²) in [7, 11) is 0. The number of nitrogens with two attached hydrogens (primary N) is 1. The molecule has 0 unspecified atom stereocenters. The molecular formula is C26H34Cl3F2N7O2. The summed E-state index contributed by atoms with van der Waals surface area (Å²) >= 11 is 16.1. The lowest BCUT2D eigenvalue weighted by atomic mass is 9.54. The van der Waals surface area contributed by atoms with Crippen LogP contribution in [0, 0.1) is 22.5 Å². The average Bonchev–Trinajstić information content (AvgIpc) is 2.75. The summed E-state index contributed by atoms with van der Waals surface area (Å²) in [6, 6.07) is 0.701. The predicted molar refractivity (Wildman–Crippen MR) is 149 cm³/mol. The van der Waals surface area contributed by atoms with Crippen LogP contribution >= 0.6 is 34.8 Å². The molecule has 6 rings (SSSR count). The van der Waals surface area contributed by atoms with Gasteiger partial charge in [-0.05, 0) is 87.9 Å². The summed E-state index contributed by atoms with van der Waals surface area (Å²) in [5.41, 5.74) is 6.28. The number of carbonyl (C=O) groups is 1. The summed E-state index contributed by atoms with van der Waals surface area (Å²) in [6.45, 7) is 7.32. The first-order chi connectivity index (χ1) is 18.7. The molecule has 2 aromatic heterocycles. The van der Waals surface area contributed by atoms with Crippen LogP contribution in [0.4, 0.5) is 19.4 Å². The highest BCUT2D eigenvalue weighted by molar-refractivity contribution is 6.31. The lowest BCUT2D eigenvalue weighted by Gasteiger charge is -2.57. The van der Waals surface area contributed by atoms with Crippen LogP contribution < -0.4 is 11.1 Å². The van der Waals surface area contributed by atoms with Crippen LogP contribution in [-0.4, -0.2) is 61.7 Å². The first-order valence-electron chi connectivity index (χ1n) is 13.2. The lowest BCUT2D eigenvalue weighted by Crippen LogP contribution is -2.66. The van der Waals surface area contributed by atoms with Gasteiger partial charge in [-0.25, -0.2) is 28.5 Å². The highest BCUT2D eigenvalue weighted by Crippen LogP contribution is 2.56. The Morgan fingerprint density at radius 2 is 1.57 bits per heavy atom. The summed E-state index contributed by atoms with van der Waals surface area (Å²) in [6.07, 6.45) is 10.2. The van der Waals surface area contributed by atoms with E-state index in [2.05, 4.69) is 25.3 Å². The van der Waals surface area contributed by atoms with Gasteiger partial charge in [0.1, 0.15) is 5.60 Å². The van der Waals surface area contributed by atoms with Crippen molar-refractivity contribution in [2.24, 2.45) is 16.6 Å². The van der Waals surface area contributed by atoms with Crippen molar-refractivity contribution in [3.05, 3.63) is 39.7 Å². The molecular weight excluding hydrogens is 587 g/mol. The minimum atomic E-state index is -0.666. The first-order valence-corrected chi connectivity index (χ1v) is 14.3. The van der Waals surface area contributed by atoms with Gasteiger partial charge in [0, 0.05) is 30.6 Å². The molecule has 14 heteroatoms. The molecule has 40 heavy (non-hydrogen) atoms. The predicted octanol–water partition coefficient (Wildman–Crippen LogP) is 6.28. The second-order valence-electron chi connectivity index (χ2n) is 12.2. The van der Waals surface area contributed by atoms with Crippen molar-refractivity contribution in [3.63, 3.8) is 0 Å². The zero-order valence-corrected chi connectivity index (χ0v) is 25.0. The van der Waals surface area contributed by atoms with E-state index in [0.717, 1.165) is 51.2 Å². The Kier molecular flexibility index (Phi) is 9.29. The van der Waals surface area contributed by atoms with Crippen LogP contribution in [0.5, 0.6) is 0 Å². The number of aromatic nitrogens is 4. The summed E-state index contributed by atoms with van der Waals surface area (Å²) in [5, 5.41) is 2.88. The summed E-state index contributed by atoms with van der Waals surface area (Å²) < 4.78 is 30.8. The molecule has 0 bridgehead atoms. The van der Waals surface area contributed by atoms with Crippen LogP contribution in [-0.2, 0) is 4.74 Å². The molecule has 1 amide bonds. The van der Waals surface area contributed by atoms with Crippen molar-refractivity contribution in [1.29, 1.82) is 0 Å². The van der Waals surface area contributed by atoms with Crippen LogP contribution in [0.15, 0.2) is 12.4 Å². The quantitative estimate of drug-likeness (QED) is 0.297. The highest BCUT2D eigenvalue weighted by Gasteiger charge is 2.53. The fraction of sp³-hybridized carbons (Fsp3) is 0.654. The number of hydrogen-bond donors (Lipinski definition) is 2. The van der Waals surface area contributed by atoms with Gasteiger partial charge in [-0.15, -0.1) is 0 Å².